The Morgan fingerprint density at radius 1 is 0.798 bits per heavy atom. The van der Waals surface area contributed by atoms with Crippen molar-refractivity contribution >= 4 is 58.7 Å². The van der Waals surface area contributed by atoms with Crippen LogP contribution in [0.3, 0.4) is 0 Å². The molecule has 2 fully saturated rings. The van der Waals surface area contributed by atoms with Crippen LogP contribution in [0, 0.1) is 5.92 Å². The molecule has 0 radical (unpaired) electrons. The van der Waals surface area contributed by atoms with Crippen LogP contribution in [-0.4, -0.2) is 156 Å². The van der Waals surface area contributed by atoms with Gasteiger partial charge in [0.05, 0.1) is 50.2 Å². The highest BCUT2D eigenvalue weighted by atomic mass is 35.5. The summed E-state index contributed by atoms with van der Waals surface area (Å²) in [5.41, 5.74) is 4.05. The number of amides is 5. The maximum Gasteiger partial charge on any atom is 0.305 e. The van der Waals surface area contributed by atoms with E-state index in [1.54, 1.807) is 56.3 Å². The lowest BCUT2D eigenvalue weighted by molar-refractivity contribution is -0.148. The number of imidazole rings is 1. The minimum absolute atomic E-state index is 0.0777. The second-order valence-electron chi connectivity index (χ2n) is 22.3. The summed E-state index contributed by atoms with van der Waals surface area (Å²) >= 11 is 13.0. The molecule has 0 spiro atoms. The van der Waals surface area contributed by atoms with Crippen LogP contribution < -0.4 is 20.7 Å². The van der Waals surface area contributed by atoms with Crippen LogP contribution in [0.5, 0.6) is 11.5 Å². The Labute approximate surface area is 504 Å². The third-order valence-corrected chi connectivity index (χ3v) is 16.3. The molecule has 0 unspecified atom stereocenters. The van der Waals surface area contributed by atoms with Gasteiger partial charge in [0, 0.05) is 80.8 Å². The van der Waals surface area contributed by atoms with E-state index in [2.05, 4.69) is 30.4 Å². The first kappa shape index (κ1) is 64.7. The van der Waals surface area contributed by atoms with Gasteiger partial charge >= 0.3 is 5.97 Å². The van der Waals surface area contributed by atoms with Gasteiger partial charge in [-0.25, -0.2) is 4.98 Å². The molecule has 84 heavy (non-hydrogen) atoms. The van der Waals surface area contributed by atoms with E-state index < -0.39 is 53.8 Å². The Morgan fingerprint density at radius 2 is 1.50 bits per heavy atom. The molecule has 5 amide bonds. The van der Waals surface area contributed by atoms with Crippen LogP contribution in [-0.2, 0) is 71.2 Å². The highest BCUT2D eigenvalue weighted by Gasteiger charge is 2.40. The maximum atomic E-state index is 15.9. The van der Waals surface area contributed by atoms with Crippen molar-refractivity contribution in [3.05, 3.63) is 136 Å². The van der Waals surface area contributed by atoms with Gasteiger partial charge in [0.15, 0.2) is 0 Å². The zero-order chi connectivity index (χ0) is 60.3. The first-order valence-corrected chi connectivity index (χ1v) is 30.0. The van der Waals surface area contributed by atoms with Gasteiger partial charge in [-0.3, -0.25) is 28.8 Å². The van der Waals surface area contributed by atoms with Gasteiger partial charge in [-0.1, -0.05) is 84.6 Å². The van der Waals surface area contributed by atoms with Crippen LogP contribution in [0.1, 0.15) is 93.6 Å². The fraction of sp³-hybridized carbons (Fsp3) is 0.484. The molecule has 1 aliphatic heterocycles. The van der Waals surface area contributed by atoms with Crippen LogP contribution in [0.25, 0.3) is 11.3 Å². The standard InChI is InChI=1S/C64H83Cl2N9O9/c1-8-83-61(78)21-15-33-67-32-14-20-55-62(79)70-53(42-82-7)64(81)72(4)50(35-44-22-27-48(65)28-23-44)38-59(76)69-52-18-12-13-19-54(52)74(6)63(80)47(34-43-16-10-9-11-17-43)36-60(77)75(55)40-46-24-29-49(66)37-57(46)84-51-30-25-45(26-31-51)56-39-68-58(73(56)5)41-71(2)3/h9-11,16-17,22-31,37,39,47,50,52-55,67H,8,12-15,18-21,32-36,38,40-42H2,1-7H3,(H,69,76)(H,70,79)/t47-,50+,52+,53+,54+,55+/m1/s1. The number of benzene rings is 4. The first-order chi connectivity index (χ1) is 40.4. The Bertz CT molecular complexity index is 2980. The van der Waals surface area contributed by atoms with E-state index in [0.717, 1.165) is 41.1 Å². The molecule has 1 saturated carbocycles. The van der Waals surface area contributed by atoms with Crippen molar-refractivity contribution in [1.82, 2.24) is 45.1 Å². The number of methoxy groups -OCH3 is 1. The van der Waals surface area contributed by atoms with Gasteiger partial charge in [0.2, 0.25) is 29.5 Å². The molecule has 452 valence electrons. The molecule has 3 N–H and O–H groups in total. The lowest BCUT2D eigenvalue weighted by Gasteiger charge is -2.40. The van der Waals surface area contributed by atoms with Gasteiger partial charge in [0.25, 0.3) is 0 Å². The molecule has 18 nitrogen and oxygen atoms in total. The molecule has 0 bridgehead atoms. The zero-order valence-corrected chi connectivity index (χ0v) is 51.1. The minimum atomic E-state index is -1.25. The monoisotopic (exact) mass is 1190 g/mol. The average molecular weight is 1190 g/mol. The van der Waals surface area contributed by atoms with E-state index in [-0.39, 0.29) is 69.5 Å². The summed E-state index contributed by atoms with van der Waals surface area (Å²) in [7, 11) is 10.8. The minimum Gasteiger partial charge on any atom is -0.466 e. The molecule has 1 saturated heterocycles. The highest BCUT2D eigenvalue weighted by molar-refractivity contribution is 6.31. The third kappa shape index (κ3) is 18.3. The number of halogens is 2. The fourth-order valence-corrected chi connectivity index (χ4v) is 11.6. The molecule has 2 heterocycles. The quantitative estimate of drug-likeness (QED) is 0.0443. The Hall–Kier alpha value is -6.83. The Morgan fingerprint density at radius 3 is 2.21 bits per heavy atom. The van der Waals surface area contributed by atoms with Crippen LogP contribution in [0.2, 0.25) is 10.0 Å². The molecular weight excluding hydrogens is 1110 g/mol. The number of fused-ring (bicyclic) bond motifs is 1. The molecule has 7 rings (SSSR count). The predicted octanol–water partition coefficient (Wildman–Crippen LogP) is 8.40. The molecule has 1 aliphatic carbocycles. The number of carbonyl (C=O) groups is 6. The predicted molar refractivity (Wildman–Crippen MR) is 325 cm³/mol. The van der Waals surface area contributed by atoms with E-state index in [1.165, 1.54) is 16.9 Å². The van der Waals surface area contributed by atoms with Crippen molar-refractivity contribution in [2.24, 2.45) is 13.0 Å². The topological polar surface area (TPSA) is 197 Å². The van der Waals surface area contributed by atoms with Crippen molar-refractivity contribution in [2.45, 2.75) is 127 Å². The number of carbonyl (C=O) groups excluding carboxylic acids is 6. The normalized spacial score (nSPS) is 20.5. The smallest absolute Gasteiger partial charge is 0.305 e. The largest absolute Gasteiger partial charge is 0.466 e. The number of likely N-dealkylation sites (N-methyl/N-ethyl adjacent to an activating group) is 2. The van der Waals surface area contributed by atoms with Gasteiger partial charge in [-0.2, -0.15) is 0 Å². The second-order valence-corrected chi connectivity index (χ2v) is 23.2. The van der Waals surface area contributed by atoms with E-state index in [0.29, 0.717) is 79.0 Å². The van der Waals surface area contributed by atoms with Gasteiger partial charge in [-0.15, -0.1) is 0 Å². The molecule has 1 aromatic heterocycles. The van der Waals surface area contributed by atoms with Gasteiger partial charge < -0.3 is 54.3 Å². The SMILES string of the molecule is CCOC(=O)CCCNCCC[C@H]1C(=O)N[C@@H](COC)C(=O)N(C)[C@@H](Cc2ccc(Cl)cc2)CC(=O)N[C@H]2CCCC[C@@H]2N(C)C(=O)[C@H](Cc2ccccc2)CC(=O)N1Cc1ccc(Cl)cc1Oc1ccc(-c2cnc(CN(C)C)n2C)cc1. The summed E-state index contributed by atoms with van der Waals surface area (Å²) in [5.74, 6) is -1.63. The van der Waals surface area contributed by atoms with E-state index in [9.17, 15) is 9.59 Å². The van der Waals surface area contributed by atoms with Gasteiger partial charge in [0.1, 0.15) is 29.4 Å². The second kappa shape index (κ2) is 31.9. The number of rotatable bonds is 22. The fourth-order valence-electron chi connectivity index (χ4n) is 11.3. The van der Waals surface area contributed by atoms with E-state index >= 15 is 19.2 Å². The molecule has 4 aromatic carbocycles. The number of hydrogen-bond donors (Lipinski definition) is 3. The van der Waals surface area contributed by atoms with Gasteiger partial charge in [-0.05, 0) is 139 Å². The third-order valence-electron chi connectivity index (χ3n) is 15.8. The Kier molecular flexibility index (Phi) is 24.6. The lowest BCUT2D eigenvalue weighted by Crippen LogP contribution is -2.59. The van der Waals surface area contributed by atoms with Crippen LogP contribution in [0.4, 0.5) is 0 Å². The summed E-state index contributed by atoms with van der Waals surface area (Å²) in [6.07, 6.45) is 6.14. The molecule has 20 heteroatoms. The summed E-state index contributed by atoms with van der Waals surface area (Å²) in [6.45, 7) is 3.24. The number of nitrogens with zero attached hydrogens (tertiary/aromatic N) is 6. The number of esters is 1. The zero-order valence-electron chi connectivity index (χ0n) is 49.6. The number of aromatic nitrogens is 2. The average Bonchev–Trinajstić information content (AvgIpc) is 3.42. The van der Waals surface area contributed by atoms with Crippen molar-refractivity contribution in [1.29, 1.82) is 0 Å². The summed E-state index contributed by atoms with van der Waals surface area (Å²) in [4.78, 5) is 99.8. The van der Waals surface area contributed by atoms with Crippen molar-refractivity contribution < 1.29 is 43.0 Å². The first-order valence-electron chi connectivity index (χ1n) is 29.2. The summed E-state index contributed by atoms with van der Waals surface area (Å²) in [6, 6.07) is 25.5. The number of nitrogens with one attached hydrogen (secondary N) is 3. The van der Waals surface area contributed by atoms with Crippen molar-refractivity contribution in [3.63, 3.8) is 0 Å². The van der Waals surface area contributed by atoms with E-state index in [1.807, 2.05) is 94.1 Å². The van der Waals surface area contributed by atoms with Crippen molar-refractivity contribution in [2.75, 3.05) is 61.6 Å². The molecule has 5 aromatic rings. The summed E-state index contributed by atoms with van der Waals surface area (Å²) in [5, 5.41) is 10.6. The number of hydrogen-bond acceptors (Lipinski definition) is 12. The summed E-state index contributed by atoms with van der Waals surface area (Å²) < 4.78 is 19.5. The molecule has 2 aliphatic rings. The van der Waals surface area contributed by atoms with Crippen LogP contribution in [0.15, 0.2) is 103 Å². The molecule has 6 atom stereocenters. The molecular formula is C64H83Cl2N9O9. The maximum absolute atomic E-state index is 15.9. The highest BCUT2D eigenvalue weighted by Crippen LogP contribution is 2.34. The van der Waals surface area contributed by atoms with Crippen molar-refractivity contribution in [3.8, 4) is 22.8 Å². The lowest BCUT2D eigenvalue weighted by atomic mass is 9.87. The Balaban J connectivity index is 1.31. The van der Waals surface area contributed by atoms with E-state index in [4.69, 9.17) is 37.4 Å². The van der Waals surface area contributed by atoms with Crippen LogP contribution >= 0.6 is 23.2 Å². The number of ether oxygens (including phenoxy) is 3.